The van der Waals surface area contributed by atoms with E-state index in [1.54, 1.807) is 12.4 Å². The molecule has 1 aromatic heterocycles. The molecular weight excluding hydrogens is 265 g/mol. The van der Waals surface area contributed by atoms with E-state index in [0.29, 0.717) is 5.92 Å². The van der Waals surface area contributed by atoms with Crippen molar-refractivity contribution in [2.24, 2.45) is 5.92 Å². The fourth-order valence-electron chi connectivity index (χ4n) is 2.26. The largest absolute Gasteiger partial charge is 0.498 e. The molecule has 0 bridgehead atoms. The molecule has 0 unspecified atom stereocenters. The summed E-state index contributed by atoms with van der Waals surface area (Å²) in [7, 11) is 1.60. The average Bonchev–Trinajstić information content (AvgIpc) is 2.58. The Balaban J connectivity index is 2.10. The molecule has 1 aliphatic heterocycles. The highest BCUT2D eigenvalue weighted by Crippen LogP contribution is 2.36. The smallest absolute Gasteiger partial charge is 0.399 e. The Morgan fingerprint density at radius 2 is 1.57 bits per heavy atom. The molecule has 0 spiro atoms. The van der Waals surface area contributed by atoms with Crippen molar-refractivity contribution in [2.45, 2.75) is 52.7 Å². The number of hydrogen-bond donors (Lipinski definition) is 0. The number of hydrogen-bond acceptors (Lipinski definition) is 5. The molecule has 1 fully saturated rings. The lowest BCUT2D eigenvalue weighted by atomic mass is 9.81. The molecule has 1 aromatic rings. The number of aromatic nitrogens is 2. The van der Waals surface area contributed by atoms with E-state index in [4.69, 9.17) is 9.31 Å². The molecule has 2 rings (SSSR count). The average molecular weight is 291 g/mol. The lowest BCUT2D eigenvalue weighted by molar-refractivity contribution is 0.00578. The molecule has 0 N–H and O–H groups in total. The van der Waals surface area contributed by atoms with Gasteiger partial charge in [0, 0.05) is 31.4 Å². The van der Waals surface area contributed by atoms with Gasteiger partial charge in [-0.3, -0.25) is 0 Å². The van der Waals surface area contributed by atoms with Gasteiger partial charge in [0.1, 0.15) is 0 Å². The fourth-order valence-corrected chi connectivity index (χ4v) is 2.26. The van der Waals surface area contributed by atoms with Crippen molar-refractivity contribution in [1.29, 1.82) is 0 Å². The first kappa shape index (κ1) is 16.2. The molecule has 1 aliphatic rings. The van der Waals surface area contributed by atoms with Crippen molar-refractivity contribution >= 4 is 18.5 Å². The Bertz CT molecular complexity index is 472. The molecule has 0 amide bonds. The number of anilines is 1. The van der Waals surface area contributed by atoms with Crippen LogP contribution in [-0.4, -0.2) is 41.9 Å². The molecule has 0 saturated carbocycles. The van der Waals surface area contributed by atoms with Gasteiger partial charge in [0.25, 0.3) is 0 Å². The van der Waals surface area contributed by atoms with Gasteiger partial charge >= 0.3 is 7.12 Å². The molecule has 0 radical (unpaired) electrons. The third kappa shape index (κ3) is 3.38. The highest BCUT2D eigenvalue weighted by Gasteiger charge is 2.51. The molecule has 2 heterocycles. The highest BCUT2D eigenvalue weighted by molar-refractivity contribution is 6.61. The van der Waals surface area contributed by atoms with Crippen LogP contribution in [0.4, 0.5) is 5.95 Å². The van der Waals surface area contributed by atoms with Gasteiger partial charge in [-0.2, -0.15) is 0 Å². The maximum Gasteiger partial charge on any atom is 0.498 e. The van der Waals surface area contributed by atoms with Crippen LogP contribution in [0.15, 0.2) is 12.4 Å². The van der Waals surface area contributed by atoms with Gasteiger partial charge in [0.05, 0.1) is 11.2 Å². The SMILES string of the molecule is CC(C)CN(C)c1ncc(B2OC(C)(C)C(C)(C)O2)cn1. The summed E-state index contributed by atoms with van der Waals surface area (Å²) in [5.41, 5.74) is 0.172. The summed E-state index contributed by atoms with van der Waals surface area (Å²) < 4.78 is 12.0. The summed E-state index contributed by atoms with van der Waals surface area (Å²) in [5, 5.41) is 0. The van der Waals surface area contributed by atoms with Crippen LogP contribution in [0, 0.1) is 5.92 Å². The molecule has 0 aromatic carbocycles. The van der Waals surface area contributed by atoms with Crippen LogP contribution < -0.4 is 10.4 Å². The normalized spacial score (nSPS) is 20.1. The van der Waals surface area contributed by atoms with E-state index in [2.05, 4.69) is 28.7 Å². The molecule has 21 heavy (non-hydrogen) atoms. The van der Waals surface area contributed by atoms with Gasteiger partial charge in [-0.1, -0.05) is 13.8 Å². The van der Waals surface area contributed by atoms with Crippen LogP contribution >= 0.6 is 0 Å². The van der Waals surface area contributed by atoms with E-state index in [0.717, 1.165) is 18.0 Å². The lowest BCUT2D eigenvalue weighted by Gasteiger charge is -2.32. The molecule has 1 saturated heterocycles. The van der Waals surface area contributed by atoms with Crippen LogP contribution in [0.2, 0.25) is 0 Å². The minimum Gasteiger partial charge on any atom is -0.399 e. The first-order valence-corrected chi connectivity index (χ1v) is 7.51. The van der Waals surface area contributed by atoms with Crippen LogP contribution in [0.1, 0.15) is 41.5 Å². The van der Waals surface area contributed by atoms with Gasteiger partial charge < -0.3 is 14.2 Å². The van der Waals surface area contributed by atoms with Gasteiger partial charge in [-0.05, 0) is 33.6 Å². The zero-order valence-electron chi connectivity index (χ0n) is 14.2. The van der Waals surface area contributed by atoms with Gasteiger partial charge in [0.15, 0.2) is 0 Å². The van der Waals surface area contributed by atoms with E-state index in [-0.39, 0.29) is 11.2 Å². The summed E-state index contributed by atoms with van der Waals surface area (Å²) in [6.07, 6.45) is 3.59. The molecular formula is C15H26BN3O2. The van der Waals surface area contributed by atoms with Crippen molar-refractivity contribution in [3.63, 3.8) is 0 Å². The van der Waals surface area contributed by atoms with E-state index in [1.165, 1.54) is 0 Å². The van der Waals surface area contributed by atoms with Crippen molar-refractivity contribution in [1.82, 2.24) is 9.97 Å². The number of rotatable bonds is 4. The van der Waals surface area contributed by atoms with Crippen molar-refractivity contribution in [3.8, 4) is 0 Å². The van der Waals surface area contributed by atoms with Gasteiger partial charge in [0.2, 0.25) is 5.95 Å². The Labute approximate surface area is 128 Å². The Morgan fingerprint density at radius 1 is 1.10 bits per heavy atom. The van der Waals surface area contributed by atoms with Crippen LogP contribution in [0.25, 0.3) is 0 Å². The Hall–Kier alpha value is -1.14. The minimum absolute atomic E-state index is 0.342. The van der Waals surface area contributed by atoms with Crippen LogP contribution in [0.3, 0.4) is 0 Å². The van der Waals surface area contributed by atoms with E-state index in [9.17, 15) is 0 Å². The second kappa shape index (κ2) is 5.57. The topological polar surface area (TPSA) is 47.5 Å². The van der Waals surface area contributed by atoms with E-state index < -0.39 is 7.12 Å². The first-order chi connectivity index (χ1) is 9.62. The second-order valence-corrected chi connectivity index (χ2v) is 7.18. The zero-order chi connectivity index (χ0) is 15.8. The minimum atomic E-state index is -0.403. The molecule has 5 nitrogen and oxygen atoms in total. The first-order valence-electron chi connectivity index (χ1n) is 7.51. The Morgan fingerprint density at radius 3 is 2.00 bits per heavy atom. The summed E-state index contributed by atoms with van der Waals surface area (Å²) in [6.45, 7) is 13.4. The molecule has 0 atom stereocenters. The predicted octanol–water partition coefficient (Wildman–Crippen LogP) is 1.87. The monoisotopic (exact) mass is 291 g/mol. The molecule has 0 aliphatic carbocycles. The third-order valence-corrected chi connectivity index (χ3v) is 4.16. The van der Waals surface area contributed by atoms with Crippen molar-refractivity contribution in [2.75, 3.05) is 18.5 Å². The number of nitrogens with zero attached hydrogens (tertiary/aromatic N) is 3. The van der Waals surface area contributed by atoms with Gasteiger partial charge in [-0.15, -0.1) is 0 Å². The van der Waals surface area contributed by atoms with Gasteiger partial charge in [-0.25, -0.2) is 9.97 Å². The summed E-state index contributed by atoms with van der Waals surface area (Å²) in [5.74, 6) is 1.30. The third-order valence-electron chi connectivity index (χ3n) is 4.16. The van der Waals surface area contributed by atoms with E-state index >= 15 is 0 Å². The molecule has 116 valence electrons. The quantitative estimate of drug-likeness (QED) is 0.793. The highest BCUT2D eigenvalue weighted by atomic mass is 16.7. The van der Waals surface area contributed by atoms with Crippen molar-refractivity contribution < 1.29 is 9.31 Å². The maximum atomic E-state index is 6.00. The van der Waals surface area contributed by atoms with Crippen molar-refractivity contribution in [3.05, 3.63) is 12.4 Å². The lowest BCUT2D eigenvalue weighted by Crippen LogP contribution is -2.41. The zero-order valence-corrected chi connectivity index (χ0v) is 14.2. The van der Waals surface area contributed by atoms with Crippen LogP contribution in [0.5, 0.6) is 0 Å². The standard InChI is InChI=1S/C15H26BN3O2/c1-11(2)10-19(7)13-17-8-12(9-18-13)16-20-14(3,4)15(5,6)21-16/h8-9,11H,10H2,1-7H3. The Kier molecular flexibility index (Phi) is 4.31. The molecule has 6 heteroatoms. The predicted molar refractivity (Wildman–Crippen MR) is 85.9 cm³/mol. The van der Waals surface area contributed by atoms with E-state index in [1.807, 2.05) is 34.7 Å². The summed E-state index contributed by atoms with van der Waals surface area (Å²) in [6, 6.07) is 0. The summed E-state index contributed by atoms with van der Waals surface area (Å²) in [4.78, 5) is 10.9. The maximum absolute atomic E-state index is 6.00. The van der Waals surface area contributed by atoms with Crippen LogP contribution in [-0.2, 0) is 9.31 Å². The summed E-state index contributed by atoms with van der Waals surface area (Å²) >= 11 is 0. The second-order valence-electron chi connectivity index (χ2n) is 7.18. The fraction of sp³-hybridized carbons (Fsp3) is 0.733.